The number of aliphatic hydroxyl groups is 1. The van der Waals surface area contributed by atoms with Gasteiger partial charge in [-0.05, 0) is 6.42 Å². The Hall–Kier alpha value is -0.460. The second-order valence-corrected chi connectivity index (χ2v) is 6.90. The number of phosphoric acid groups is 1. The fraction of sp³-hybridized carbons (Fsp3) is 0.933. The molecular formula is C15H31O7P. The van der Waals surface area contributed by atoms with E-state index in [4.69, 9.17) is 19.6 Å². The van der Waals surface area contributed by atoms with Crippen molar-refractivity contribution in [3.05, 3.63) is 0 Å². The summed E-state index contributed by atoms with van der Waals surface area (Å²) in [6.07, 6.45) is 9.46. The highest BCUT2D eigenvalue weighted by Gasteiger charge is 2.20. The van der Waals surface area contributed by atoms with Gasteiger partial charge in [0.15, 0.2) is 0 Å². The van der Waals surface area contributed by atoms with Gasteiger partial charge in [-0.2, -0.15) is 0 Å². The summed E-state index contributed by atoms with van der Waals surface area (Å²) in [5.41, 5.74) is 0. The molecule has 0 amide bonds. The van der Waals surface area contributed by atoms with E-state index in [-0.39, 0.29) is 6.42 Å². The Kier molecular flexibility index (Phi) is 13.7. The van der Waals surface area contributed by atoms with Crippen LogP contribution in [0.2, 0.25) is 0 Å². The average Bonchev–Trinajstić information content (AvgIpc) is 2.49. The quantitative estimate of drug-likeness (QED) is 0.235. The minimum Gasteiger partial charge on any atom is -0.457 e. The molecule has 0 heterocycles. The van der Waals surface area contributed by atoms with E-state index in [1.54, 1.807) is 0 Å². The normalized spacial score (nSPS) is 13.0. The van der Waals surface area contributed by atoms with Crippen molar-refractivity contribution in [2.75, 3.05) is 13.2 Å². The van der Waals surface area contributed by atoms with Crippen LogP contribution < -0.4 is 0 Å². The number of hydrogen-bond donors (Lipinski definition) is 3. The van der Waals surface area contributed by atoms with Crippen LogP contribution in [-0.2, 0) is 18.6 Å². The van der Waals surface area contributed by atoms with E-state index in [1.807, 2.05) is 0 Å². The van der Waals surface area contributed by atoms with Crippen LogP contribution in [0, 0.1) is 0 Å². The van der Waals surface area contributed by atoms with Crippen LogP contribution in [0.5, 0.6) is 0 Å². The fourth-order valence-corrected chi connectivity index (χ4v) is 2.49. The molecule has 0 radical (unpaired) electrons. The predicted molar refractivity (Wildman–Crippen MR) is 86.8 cm³/mol. The SMILES string of the molecule is CCCCCCCCCCCC(=O)O[C@H](CO)COP(=O)(O)O. The van der Waals surface area contributed by atoms with Crippen molar-refractivity contribution >= 4 is 13.8 Å². The molecule has 0 rings (SSSR count). The monoisotopic (exact) mass is 354 g/mol. The molecule has 0 aliphatic carbocycles. The molecule has 0 aliphatic heterocycles. The Morgan fingerprint density at radius 3 is 2.00 bits per heavy atom. The van der Waals surface area contributed by atoms with E-state index in [1.165, 1.54) is 38.5 Å². The third-order valence-electron chi connectivity index (χ3n) is 3.41. The van der Waals surface area contributed by atoms with Crippen molar-refractivity contribution in [2.24, 2.45) is 0 Å². The van der Waals surface area contributed by atoms with E-state index < -0.39 is 33.1 Å². The maximum absolute atomic E-state index is 11.6. The van der Waals surface area contributed by atoms with Crippen molar-refractivity contribution in [3.8, 4) is 0 Å². The van der Waals surface area contributed by atoms with Gasteiger partial charge in [0.2, 0.25) is 0 Å². The highest BCUT2D eigenvalue weighted by molar-refractivity contribution is 7.46. The first-order valence-electron chi connectivity index (χ1n) is 8.39. The van der Waals surface area contributed by atoms with Gasteiger partial charge in [0.25, 0.3) is 0 Å². The molecule has 0 spiro atoms. The Balaban J connectivity index is 3.59. The summed E-state index contributed by atoms with van der Waals surface area (Å²) in [5.74, 6) is -0.485. The maximum atomic E-state index is 11.6. The molecule has 0 aromatic heterocycles. The zero-order chi connectivity index (χ0) is 17.6. The van der Waals surface area contributed by atoms with Gasteiger partial charge in [-0.1, -0.05) is 58.3 Å². The smallest absolute Gasteiger partial charge is 0.457 e. The molecule has 8 heteroatoms. The lowest BCUT2D eigenvalue weighted by Crippen LogP contribution is -2.26. The molecule has 23 heavy (non-hydrogen) atoms. The standard InChI is InChI=1S/C15H31O7P/c1-2-3-4-5-6-7-8-9-10-11-15(17)22-14(12-16)13-21-23(18,19)20/h14,16H,2-13H2,1H3,(H2,18,19,20)/t14-/m1/s1. The number of carbonyl (C=O) groups excluding carboxylic acids is 1. The molecule has 138 valence electrons. The van der Waals surface area contributed by atoms with Gasteiger partial charge in [0.05, 0.1) is 13.2 Å². The molecule has 0 bridgehead atoms. The van der Waals surface area contributed by atoms with Crippen LogP contribution >= 0.6 is 7.82 Å². The molecule has 3 N–H and O–H groups in total. The third kappa shape index (κ3) is 16.2. The first kappa shape index (κ1) is 22.5. The van der Waals surface area contributed by atoms with Crippen molar-refractivity contribution < 1.29 is 33.5 Å². The Bertz CT molecular complexity index is 343. The summed E-state index contributed by atoms with van der Waals surface area (Å²) in [6, 6.07) is 0. The lowest BCUT2D eigenvalue weighted by Gasteiger charge is -2.15. The Morgan fingerprint density at radius 1 is 1.00 bits per heavy atom. The van der Waals surface area contributed by atoms with Crippen LogP contribution in [0.3, 0.4) is 0 Å². The number of phosphoric ester groups is 1. The van der Waals surface area contributed by atoms with Crippen molar-refractivity contribution in [1.82, 2.24) is 0 Å². The molecule has 0 aliphatic rings. The van der Waals surface area contributed by atoms with Gasteiger partial charge >= 0.3 is 13.8 Å². The lowest BCUT2D eigenvalue weighted by atomic mass is 10.1. The fourth-order valence-electron chi connectivity index (χ4n) is 2.13. The van der Waals surface area contributed by atoms with Crippen molar-refractivity contribution in [2.45, 2.75) is 77.2 Å². The molecule has 0 saturated carbocycles. The van der Waals surface area contributed by atoms with Gasteiger partial charge in [-0.3, -0.25) is 9.32 Å². The first-order chi connectivity index (χ1) is 10.9. The summed E-state index contributed by atoms with van der Waals surface area (Å²) in [7, 11) is -4.62. The summed E-state index contributed by atoms with van der Waals surface area (Å²) in [4.78, 5) is 28.7. The molecule has 0 saturated heterocycles. The largest absolute Gasteiger partial charge is 0.469 e. The van der Waals surface area contributed by atoms with Gasteiger partial charge in [0, 0.05) is 6.42 Å². The van der Waals surface area contributed by atoms with Crippen molar-refractivity contribution in [3.63, 3.8) is 0 Å². The summed E-state index contributed by atoms with van der Waals surface area (Å²) < 4.78 is 19.7. The highest BCUT2D eigenvalue weighted by atomic mass is 31.2. The molecule has 0 aromatic rings. The summed E-state index contributed by atoms with van der Waals surface area (Å²) in [6.45, 7) is 1.13. The van der Waals surface area contributed by atoms with E-state index in [0.717, 1.165) is 12.8 Å². The number of esters is 1. The highest BCUT2D eigenvalue weighted by Crippen LogP contribution is 2.35. The number of unbranched alkanes of at least 4 members (excludes halogenated alkanes) is 8. The molecule has 0 unspecified atom stereocenters. The van der Waals surface area contributed by atoms with Crippen LogP contribution in [0.1, 0.15) is 71.1 Å². The maximum Gasteiger partial charge on any atom is 0.469 e. The predicted octanol–water partition coefficient (Wildman–Crippen LogP) is 2.92. The van der Waals surface area contributed by atoms with Gasteiger partial charge < -0.3 is 19.6 Å². The second-order valence-electron chi connectivity index (χ2n) is 5.66. The van der Waals surface area contributed by atoms with E-state index >= 15 is 0 Å². The number of ether oxygens (including phenoxy) is 1. The number of rotatable bonds is 15. The second kappa shape index (κ2) is 13.9. The van der Waals surface area contributed by atoms with Gasteiger partial charge in [0.1, 0.15) is 6.10 Å². The summed E-state index contributed by atoms with van der Waals surface area (Å²) >= 11 is 0. The van der Waals surface area contributed by atoms with E-state index in [0.29, 0.717) is 6.42 Å². The molecule has 7 nitrogen and oxygen atoms in total. The molecule has 1 atom stereocenters. The van der Waals surface area contributed by atoms with Gasteiger partial charge in [-0.25, -0.2) is 4.57 Å². The molecule has 0 aromatic carbocycles. The third-order valence-corrected chi connectivity index (χ3v) is 3.90. The first-order valence-corrected chi connectivity index (χ1v) is 9.92. The van der Waals surface area contributed by atoms with E-state index in [9.17, 15) is 9.36 Å². The molecular weight excluding hydrogens is 323 g/mol. The Labute approximate surface area is 138 Å². The number of hydrogen-bond acceptors (Lipinski definition) is 5. The average molecular weight is 354 g/mol. The topological polar surface area (TPSA) is 113 Å². The zero-order valence-corrected chi connectivity index (χ0v) is 14.9. The Morgan fingerprint density at radius 2 is 1.52 bits per heavy atom. The number of aliphatic hydroxyl groups excluding tert-OH is 1. The number of carbonyl (C=O) groups is 1. The lowest BCUT2D eigenvalue weighted by molar-refractivity contribution is -0.153. The van der Waals surface area contributed by atoms with Gasteiger partial charge in [-0.15, -0.1) is 0 Å². The minimum absolute atomic E-state index is 0.238. The van der Waals surface area contributed by atoms with Crippen LogP contribution in [0.15, 0.2) is 0 Å². The minimum atomic E-state index is -4.62. The van der Waals surface area contributed by atoms with Crippen LogP contribution in [0.4, 0.5) is 0 Å². The van der Waals surface area contributed by atoms with Crippen molar-refractivity contribution in [1.29, 1.82) is 0 Å². The van der Waals surface area contributed by atoms with Crippen LogP contribution in [-0.4, -0.2) is 40.2 Å². The summed E-state index contributed by atoms with van der Waals surface area (Å²) in [5, 5.41) is 8.99. The molecule has 0 fully saturated rings. The van der Waals surface area contributed by atoms with Crippen LogP contribution in [0.25, 0.3) is 0 Å². The zero-order valence-electron chi connectivity index (χ0n) is 14.0. The van der Waals surface area contributed by atoms with E-state index in [2.05, 4.69) is 11.4 Å².